The number of rotatable bonds is 7. The number of amides is 1. The third-order valence-electron chi connectivity index (χ3n) is 4.88. The molecule has 1 fully saturated rings. The fraction of sp³-hybridized carbons (Fsp3) is 0.526. The predicted molar refractivity (Wildman–Crippen MR) is 102 cm³/mol. The molecule has 3 rings (SSSR count). The highest BCUT2D eigenvalue weighted by Gasteiger charge is 2.21. The monoisotopic (exact) mass is 391 g/mol. The first-order valence-corrected chi connectivity index (χ1v) is 9.52. The van der Waals surface area contributed by atoms with E-state index in [-0.39, 0.29) is 23.7 Å². The lowest BCUT2D eigenvalue weighted by Gasteiger charge is -2.33. The van der Waals surface area contributed by atoms with Gasteiger partial charge in [0.05, 0.1) is 6.54 Å². The van der Waals surface area contributed by atoms with E-state index in [0.29, 0.717) is 18.8 Å². The number of piperazine rings is 1. The molecule has 0 unspecified atom stereocenters. The van der Waals surface area contributed by atoms with Gasteiger partial charge in [-0.25, -0.2) is 9.18 Å². The molecule has 1 saturated heterocycles. The third kappa shape index (κ3) is 5.26. The van der Waals surface area contributed by atoms with Crippen LogP contribution in [-0.4, -0.2) is 64.3 Å². The Balaban J connectivity index is 1.52. The molecule has 1 aromatic heterocycles. The van der Waals surface area contributed by atoms with Crippen molar-refractivity contribution < 1.29 is 13.6 Å². The number of benzene rings is 1. The normalized spacial score (nSPS) is 16.8. The van der Waals surface area contributed by atoms with Gasteiger partial charge in [0.15, 0.2) is 0 Å². The minimum Gasteiger partial charge on any atom is -0.388 e. The van der Waals surface area contributed by atoms with E-state index in [1.54, 1.807) is 0 Å². The highest BCUT2D eigenvalue weighted by molar-refractivity contribution is 5.78. The number of carbonyl (C=O) groups excluding carboxylic acids is 1. The van der Waals surface area contributed by atoms with Crippen molar-refractivity contribution in [2.75, 3.05) is 32.7 Å². The fourth-order valence-electron chi connectivity index (χ4n) is 3.01. The van der Waals surface area contributed by atoms with Crippen molar-refractivity contribution in [2.24, 2.45) is 0 Å². The van der Waals surface area contributed by atoms with Crippen LogP contribution in [0.1, 0.15) is 20.3 Å². The van der Waals surface area contributed by atoms with Crippen molar-refractivity contribution in [3.63, 3.8) is 0 Å². The van der Waals surface area contributed by atoms with E-state index in [4.69, 9.17) is 4.42 Å². The average molecular weight is 391 g/mol. The Kier molecular flexibility index (Phi) is 6.58. The zero-order chi connectivity index (χ0) is 20.1. The molecule has 0 radical (unpaired) electrons. The molecule has 1 N–H and O–H groups in total. The van der Waals surface area contributed by atoms with Crippen LogP contribution < -0.4 is 11.1 Å². The van der Waals surface area contributed by atoms with Crippen LogP contribution in [0, 0.1) is 5.82 Å². The lowest BCUT2D eigenvalue weighted by atomic mass is 10.2. The summed E-state index contributed by atoms with van der Waals surface area (Å²) >= 11 is 0. The van der Waals surface area contributed by atoms with Crippen LogP contribution in [0.4, 0.5) is 4.39 Å². The summed E-state index contributed by atoms with van der Waals surface area (Å²) < 4.78 is 19.5. The van der Waals surface area contributed by atoms with E-state index in [9.17, 15) is 14.0 Å². The standard InChI is InChI=1S/C19H26FN5O3/c1-3-14(2)21-17(26)12-23-8-10-24(11-9-23)13-25-19(27)28-18(22-25)15-4-6-16(20)7-5-15/h4-7,14H,3,8-13H2,1-2H3,(H,21,26)/t14-/m0/s1. The van der Waals surface area contributed by atoms with Gasteiger partial charge >= 0.3 is 5.76 Å². The fourth-order valence-corrected chi connectivity index (χ4v) is 3.01. The van der Waals surface area contributed by atoms with E-state index >= 15 is 0 Å². The van der Waals surface area contributed by atoms with E-state index in [0.717, 1.165) is 32.6 Å². The predicted octanol–water partition coefficient (Wildman–Crippen LogP) is 1.13. The zero-order valence-electron chi connectivity index (χ0n) is 16.2. The summed E-state index contributed by atoms with van der Waals surface area (Å²) in [5.74, 6) is -0.694. The SMILES string of the molecule is CC[C@H](C)NC(=O)CN1CCN(Cn2nc(-c3ccc(F)cc3)oc2=O)CC1. The minimum atomic E-state index is -0.547. The first-order valence-electron chi connectivity index (χ1n) is 9.52. The molecule has 1 amide bonds. The topological polar surface area (TPSA) is 83.6 Å². The van der Waals surface area contributed by atoms with Crippen LogP contribution in [0.25, 0.3) is 11.5 Å². The zero-order valence-corrected chi connectivity index (χ0v) is 16.2. The largest absolute Gasteiger partial charge is 0.438 e. The minimum absolute atomic E-state index is 0.0412. The summed E-state index contributed by atoms with van der Waals surface area (Å²) in [4.78, 5) is 28.2. The molecule has 2 aromatic rings. The summed E-state index contributed by atoms with van der Waals surface area (Å²) in [6, 6.07) is 5.82. The first kappa shape index (κ1) is 20.2. The van der Waals surface area contributed by atoms with Crippen LogP contribution in [-0.2, 0) is 11.5 Å². The Hall–Kier alpha value is -2.52. The van der Waals surface area contributed by atoms with Gasteiger partial charge in [0, 0.05) is 37.8 Å². The summed E-state index contributed by atoms with van der Waals surface area (Å²) in [6.45, 7) is 7.66. The average Bonchev–Trinajstić information content (AvgIpc) is 3.04. The molecule has 28 heavy (non-hydrogen) atoms. The van der Waals surface area contributed by atoms with Gasteiger partial charge in [0.2, 0.25) is 11.8 Å². The number of carbonyl (C=O) groups is 1. The highest BCUT2D eigenvalue weighted by Crippen LogP contribution is 2.15. The van der Waals surface area contributed by atoms with E-state index in [2.05, 4.69) is 20.2 Å². The lowest BCUT2D eigenvalue weighted by Crippen LogP contribution is -2.50. The molecule has 1 atom stereocenters. The van der Waals surface area contributed by atoms with Crippen LogP contribution in [0.15, 0.2) is 33.5 Å². The number of hydrogen-bond acceptors (Lipinski definition) is 6. The first-order chi connectivity index (χ1) is 13.4. The maximum absolute atomic E-state index is 13.0. The molecule has 0 saturated carbocycles. The molecule has 8 nitrogen and oxygen atoms in total. The van der Waals surface area contributed by atoms with Crippen LogP contribution in [0.5, 0.6) is 0 Å². The van der Waals surface area contributed by atoms with Crippen molar-refractivity contribution in [2.45, 2.75) is 33.0 Å². The smallest absolute Gasteiger partial charge is 0.388 e. The van der Waals surface area contributed by atoms with Gasteiger partial charge in [0.25, 0.3) is 0 Å². The maximum Gasteiger partial charge on any atom is 0.438 e. The highest BCUT2D eigenvalue weighted by atomic mass is 19.1. The number of nitrogens with one attached hydrogen (secondary N) is 1. The number of hydrogen-bond donors (Lipinski definition) is 1. The molecule has 0 spiro atoms. The lowest BCUT2D eigenvalue weighted by molar-refractivity contribution is -0.123. The van der Waals surface area contributed by atoms with Gasteiger partial charge in [-0.15, -0.1) is 5.10 Å². The van der Waals surface area contributed by atoms with E-state index in [1.165, 1.54) is 28.9 Å². The molecular formula is C19H26FN5O3. The summed E-state index contributed by atoms with van der Waals surface area (Å²) in [5, 5.41) is 7.18. The van der Waals surface area contributed by atoms with Gasteiger partial charge in [-0.2, -0.15) is 4.68 Å². The second-order valence-electron chi connectivity index (χ2n) is 7.09. The van der Waals surface area contributed by atoms with Gasteiger partial charge in [-0.1, -0.05) is 6.92 Å². The third-order valence-corrected chi connectivity index (χ3v) is 4.88. The van der Waals surface area contributed by atoms with Gasteiger partial charge in [-0.3, -0.25) is 14.6 Å². The molecule has 1 aliphatic heterocycles. The quantitative estimate of drug-likeness (QED) is 0.762. The van der Waals surface area contributed by atoms with Gasteiger partial charge in [-0.05, 0) is 37.6 Å². The van der Waals surface area contributed by atoms with Gasteiger partial charge in [0.1, 0.15) is 12.5 Å². The maximum atomic E-state index is 13.0. The number of aromatic nitrogens is 2. The van der Waals surface area contributed by atoms with Crippen molar-refractivity contribution in [3.05, 3.63) is 40.6 Å². The van der Waals surface area contributed by atoms with Crippen LogP contribution in [0.3, 0.4) is 0 Å². The molecule has 152 valence electrons. The number of halogens is 1. The van der Waals surface area contributed by atoms with Crippen molar-refractivity contribution >= 4 is 5.91 Å². The molecule has 1 aliphatic rings. The molecule has 1 aromatic carbocycles. The van der Waals surface area contributed by atoms with Crippen molar-refractivity contribution in [1.29, 1.82) is 0 Å². The summed E-state index contributed by atoms with van der Waals surface area (Å²) in [5.41, 5.74) is 0.550. The van der Waals surface area contributed by atoms with E-state index in [1.807, 2.05) is 13.8 Å². The van der Waals surface area contributed by atoms with Gasteiger partial charge < -0.3 is 9.73 Å². The van der Waals surface area contributed by atoms with Crippen LogP contribution in [0.2, 0.25) is 0 Å². The molecule has 0 bridgehead atoms. The Morgan fingerprint density at radius 2 is 1.86 bits per heavy atom. The molecule has 9 heteroatoms. The summed E-state index contributed by atoms with van der Waals surface area (Å²) in [6.07, 6.45) is 0.909. The Morgan fingerprint density at radius 3 is 2.50 bits per heavy atom. The Labute approximate surface area is 162 Å². The number of nitrogens with zero attached hydrogens (tertiary/aromatic N) is 4. The van der Waals surface area contributed by atoms with Crippen LogP contribution >= 0.6 is 0 Å². The Morgan fingerprint density at radius 1 is 1.21 bits per heavy atom. The molecule has 0 aliphatic carbocycles. The van der Waals surface area contributed by atoms with Crippen molar-refractivity contribution in [1.82, 2.24) is 24.9 Å². The second kappa shape index (κ2) is 9.11. The Bertz CT molecular complexity index is 840. The molecule has 2 heterocycles. The summed E-state index contributed by atoms with van der Waals surface area (Å²) in [7, 11) is 0. The van der Waals surface area contributed by atoms with Crippen molar-refractivity contribution in [3.8, 4) is 11.5 Å². The van der Waals surface area contributed by atoms with E-state index < -0.39 is 5.76 Å². The second-order valence-corrected chi connectivity index (χ2v) is 7.09. The molecular weight excluding hydrogens is 365 g/mol.